The minimum Gasteiger partial charge on any atom is -0.450 e. The molecule has 1 fully saturated rings. The zero-order valence-electron chi connectivity index (χ0n) is 9.39. The van der Waals surface area contributed by atoms with Gasteiger partial charge in [0.2, 0.25) is 10.0 Å². The van der Waals surface area contributed by atoms with E-state index in [0.717, 1.165) is 12.8 Å². The molecule has 1 aliphatic rings. The molecule has 1 aliphatic carbocycles. The van der Waals surface area contributed by atoms with Crippen LogP contribution in [0.25, 0.3) is 0 Å². The topological polar surface area (TPSA) is 70.8 Å². The molecule has 0 unspecified atom stereocenters. The molecular formula is C10H14BrNO4S. The van der Waals surface area contributed by atoms with Crippen LogP contribution in [0, 0.1) is 5.92 Å². The highest BCUT2D eigenvalue weighted by Gasteiger charge is 2.31. The van der Waals surface area contributed by atoms with E-state index in [0.29, 0.717) is 12.5 Å². The molecule has 0 amide bonds. The summed E-state index contributed by atoms with van der Waals surface area (Å²) in [5.41, 5.74) is 0. The number of furan rings is 1. The van der Waals surface area contributed by atoms with E-state index in [2.05, 4.69) is 15.9 Å². The molecule has 1 aromatic rings. The second-order valence-electron chi connectivity index (χ2n) is 4.24. The van der Waals surface area contributed by atoms with Crippen LogP contribution in [0.3, 0.4) is 0 Å². The van der Waals surface area contributed by atoms with E-state index in [1.807, 2.05) is 0 Å². The van der Waals surface area contributed by atoms with Gasteiger partial charge in [0.25, 0.3) is 0 Å². The van der Waals surface area contributed by atoms with E-state index in [1.54, 1.807) is 7.05 Å². The quantitative estimate of drug-likeness (QED) is 0.892. The van der Waals surface area contributed by atoms with Crippen molar-refractivity contribution in [1.29, 1.82) is 0 Å². The van der Waals surface area contributed by atoms with Gasteiger partial charge in [-0.2, -0.15) is 0 Å². The summed E-state index contributed by atoms with van der Waals surface area (Å²) < 4.78 is 31.0. The van der Waals surface area contributed by atoms with E-state index in [9.17, 15) is 8.42 Å². The van der Waals surface area contributed by atoms with Gasteiger partial charge in [-0.3, -0.25) is 0 Å². The number of halogens is 1. The van der Waals surface area contributed by atoms with Crippen LogP contribution >= 0.6 is 15.9 Å². The fourth-order valence-electron chi connectivity index (χ4n) is 1.58. The van der Waals surface area contributed by atoms with Crippen LogP contribution in [0.1, 0.15) is 18.6 Å². The highest BCUT2D eigenvalue weighted by atomic mass is 79.9. The maximum absolute atomic E-state index is 12.2. The Morgan fingerprint density at radius 2 is 2.24 bits per heavy atom. The first-order valence-electron chi connectivity index (χ1n) is 5.30. The van der Waals surface area contributed by atoms with Gasteiger partial charge in [-0.05, 0) is 34.7 Å². The van der Waals surface area contributed by atoms with Crippen molar-refractivity contribution in [2.24, 2.45) is 5.92 Å². The molecule has 96 valence electrons. The van der Waals surface area contributed by atoms with Gasteiger partial charge in [0.1, 0.15) is 17.3 Å². The summed E-state index contributed by atoms with van der Waals surface area (Å²) in [6.07, 6.45) is 2.18. The molecule has 0 bridgehead atoms. The van der Waals surface area contributed by atoms with Crippen molar-refractivity contribution in [2.75, 3.05) is 13.6 Å². The molecule has 0 aliphatic heterocycles. The Hall–Kier alpha value is -0.370. The molecule has 1 N–H and O–H groups in total. The molecule has 0 saturated heterocycles. The number of aliphatic hydroxyl groups excluding tert-OH is 1. The highest BCUT2D eigenvalue weighted by Crippen LogP contribution is 2.33. The van der Waals surface area contributed by atoms with Crippen molar-refractivity contribution in [1.82, 2.24) is 4.31 Å². The van der Waals surface area contributed by atoms with E-state index in [1.165, 1.54) is 10.4 Å². The van der Waals surface area contributed by atoms with Crippen molar-refractivity contribution < 1.29 is 17.9 Å². The molecule has 0 radical (unpaired) electrons. The third-order valence-corrected chi connectivity index (χ3v) is 5.44. The number of sulfonamides is 1. The number of aliphatic hydroxyl groups is 1. The first-order valence-corrected chi connectivity index (χ1v) is 7.54. The minimum absolute atomic E-state index is 0.0738. The van der Waals surface area contributed by atoms with Gasteiger partial charge in [-0.1, -0.05) is 0 Å². The largest absolute Gasteiger partial charge is 0.450 e. The van der Waals surface area contributed by atoms with Gasteiger partial charge in [-0.15, -0.1) is 0 Å². The molecule has 2 rings (SSSR count). The van der Waals surface area contributed by atoms with Crippen molar-refractivity contribution in [3.05, 3.63) is 16.5 Å². The molecule has 0 spiro atoms. The summed E-state index contributed by atoms with van der Waals surface area (Å²) in [6.45, 7) is 0.217. The Kier molecular flexibility index (Phi) is 3.63. The monoisotopic (exact) mass is 323 g/mol. The molecule has 17 heavy (non-hydrogen) atoms. The SMILES string of the molecule is CN(CC1CC1)S(=O)(=O)c1cc(CO)oc1Br. The molecule has 5 nitrogen and oxygen atoms in total. The molecular weight excluding hydrogens is 310 g/mol. The molecule has 0 atom stereocenters. The van der Waals surface area contributed by atoms with Crippen LogP contribution in [0.15, 0.2) is 20.0 Å². The Morgan fingerprint density at radius 3 is 2.71 bits per heavy atom. The van der Waals surface area contributed by atoms with E-state index < -0.39 is 10.0 Å². The molecule has 0 aromatic carbocycles. The lowest BCUT2D eigenvalue weighted by molar-refractivity contribution is 0.245. The summed E-state index contributed by atoms with van der Waals surface area (Å²) in [4.78, 5) is 0.0738. The zero-order chi connectivity index (χ0) is 12.6. The van der Waals surface area contributed by atoms with Gasteiger partial charge in [0.05, 0.1) is 0 Å². The summed E-state index contributed by atoms with van der Waals surface area (Å²) in [7, 11) is -1.97. The molecule has 7 heteroatoms. The van der Waals surface area contributed by atoms with Crippen LogP contribution in [-0.4, -0.2) is 31.4 Å². The molecule has 1 saturated carbocycles. The molecule has 1 aromatic heterocycles. The van der Waals surface area contributed by atoms with Crippen molar-refractivity contribution >= 4 is 26.0 Å². The zero-order valence-corrected chi connectivity index (χ0v) is 11.8. The van der Waals surface area contributed by atoms with Crippen molar-refractivity contribution in [2.45, 2.75) is 24.3 Å². The standard InChI is InChI=1S/C10H14BrNO4S/c1-12(5-7-2-3-7)17(14,15)9-4-8(6-13)16-10(9)11/h4,7,13H,2-3,5-6H2,1H3. The first kappa shape index (κ1) is 13.1. The van der Waals surface area contributed by atoms with Gasteiger partial charge in [0, 0.05) is 19.7 Å². The molecule has 1 heterocycles. The highest BCUT2D eigenvalue weighted by molar-refractivity contribution is 9.10. The normalized spacial score (nSPS) is 16.7. The number of hydrogen-bond donors (Lipinski definition) is 1. The van der Waals surface area contributed by atoms with Gasteiger partial charge >= 0.3 is 0 Å². The van der Waals surface area contributed by atoms with E-state index >= 15 is 0 Å². The second kappa shape index (κ2) is 4.72. The fourth-order valence-corrected chi connectivity index (χ4v) is 3.79. The third kappa shape index (κ3) is 2.73. The summed E-state index contributed by atoms with van der Waals surface area (Å²) in [6, 6.07) is 1.35. The predicted molar refractivity (Wildman–Crippen MR) is 64.9 cm³/mol. The lowest BCUT2D eigenvalue weighted by Crippen LogP contribution is -2.28. The average molecular weight is 324 g/mol. The summed E-state index contributed by atoms with van der Waals surface area (Å²) >= 11 is 3.06. The maximum Gasteiger partial charge on any atom is 0.247 e. The lowest BCUT2D eigenvalue weighted by Gasteiger charge is -2.15. The third-order valence-electron chi connectivity index (χ3n) is 2.76. The van der Waals surface area contributed by atoms with Crippen LogP contribution in [0.5, 0.6) is 0 Å². The number of rotatable bonds is 5. The van der Waals surface area contributed by atoms with Gasteiger partial charge in [-0.25, -0.2) is 12.7 Å². The number of nitrogens with zero attached hydrogens (tertiary/aromatic N) is 1. The van der Waals surface area contributed by atoms with Crippen molar-refractivity contribution in [3.8, 4) is 0 Å². The second-order valence-corrected chi connectivity index (χ2v) is 6.97. The Labute approximate surface area is 109 Å². The minimum atomic E-state index is -3.53. The van der Waals surface area contributed by atoms with E-state index in [4.69, 9.17) is 9.52 Å². The summed E-state index contributed by atoms with van der Waals surface area (Å²) in [5, 5.41) is 8.91. The number of hydrogen-bond acceptors (Lipinski definition) is 4. The summed E-state index contributed by atoms with van der Waals surface area (Å²) in [5.74, 6) is 0.716. The average Bonchev–Trinajstić information content (AvgIpc) is 2.99. The van der Waals surface area contributed by atoms with Crippen LogP contribution in [-0.2, 0) is 16.6 Å². The fraction of sp³-hybridized carbons (Fsp3) is 0.600. The Bertz CT molecular complexity index is 506. The predicted octanol–water partition coefficient (Wildman–Crippen LogP) is 1.56. The maximum atomic E-state index is 12.2. The van der Waals surface area contributed by atoms with Crippen LogP contribution in [0.2, 0.25) is 0 Å². The van der Waals surface area contributed by atoms with Gasteiger partial charge < -0.3 is 9.52 Å². The van der Waals surface area contributed by atoms with Crippen molar-refractivity contribution in [3.63, 3.8) is 0 Å². The smallest absolute Gasteiger partial charge is 0.247 e. The van der Waals surface area contributed by atoms with Crippen LogP contribution < -0.4 is 0 Å². The Balaban J connectivity index is 2.25. The lowest BCUT2D eigenvalue weighted by atomic mass is 10.4. The first-order chi connectivity index (χ1) is 7.95. The Morgan fingerprint density at radius 1 is 1.59 bits per heavy atom. The van der Waals surface area contributed by atoms with Crippen LogP contribution in [0.4, 0.5) is 0 Å². The van der Waals surface area contributed by atoms with E-state index in [-0.39, 0.29) is 21.9 Å². The van der Waals surface area contributed by atoms with Gasteiger partial charge in [0.15, 0.2) is 4.67 Å².